The number of hydrogen-bond acceptors (Lipinski definition) is 4. The number of hydrogen-bond donors (Lipinski definition) is 1. The van der Waals surface area contributed by atoms with Gasteiger partial charge in [0.05, 0.1) is 6.54 Å². The van der Waals surface area contributed by atoms with Crippen LogP contribution in [0.4, 0.5) is 0 Å². The van der Waals surface area contributed by atoms with Crippen LogP contribution in [0.5, 0.6) is 0 Å². The first-order valence-electron chi connectivity index (χ1n) is 7.98. The smallest absolute Gasteiger partial charge is 0.236 e. The molecule has 0 aromatic rings. The number of amides is 1. The zero-order valence-electron chi connectivity index (χ0n) is 13.1. The molecule has 0 spiro atoms. The summed E-state index contributed by atoms with van der Waals surface area (Å²) in [5, 5.41) is 0. The standard InChI is InChI=1S/C15H30N4O/c1-17-8-3-5-13-11-19(10-6-14(13)17)12-15(20)18(2)9-4-7-16/h13-14H,3-12,16H2,1-2H3. The Morgan fingerprint density at radius 3 is 2.90 bits per heavy atom. The fraction of sp³-hybridized carbons (Fsp3) is 0.933. The van der Waals surface area contributed by atoms with E-state index in [1.807, 2.05) is 11.9 Å². The number of rotatable bonds is 5. The number of carbonyl (C=O) groups is 1. The van der Waals surface area contributed by atoms with E-state index in [-0.39, 0.29) is 5.91 Å². The van der Waals surface area contributed by atoms with E-state index >= 15 is 0 Å². The molecular weight excluding hydrogens is 252 g/mol. The second-order valence-corrected chi connectivity index (χ2v) is 6.43. The lowest BCUT2D eigenvalue weighted by atomic mass is 9.84. The average Bonchev–Trinajstić information content (AvgIpc) is 2.44. The van der Waals surface area contributed by atoms with E-state index in [0.29, 0.717) is 13.1 Å². The molecule has 2 fully saturated rings. The van der Waals surface area contributed by atoms with Gasteiger partial charge in [0.1, 0.15) is 0 Å². The van der Waals surface area contributed by atoms with E-state index in [0.717, 1.165) is 38.0 Å². The predicted octanol–water partition coefficient (Wildman–Crippen LogP) is 0.210. The average molecular weight is 282 g/mol. The molecule has 2 unspecified atom stereocenters. The maximum Gasteiger partial charge on any atom is 0.236 e. The summed E-state index contributed by atoms with van der Waals surface area (Å²) in [7, 11) is 4.14. The molecule has 2 aliphatic heterocycles. The fourth-order valence-corrected chi connectivity index (χ4v) is 3.64. The van der Waals surface area contributed by atoms with Crippen molar-refractivity contribution in [1.29, 1.82) is 0 Å². The van der Waals surface area contributed by atoms with E-state index < -0.39 is 0 Å². The maximum absolute atomic E-state index is 12.2. The molecule has 0 aromatic heterocycles. The van der Waals surface area contributed by atoms with Crippen molar-refractivity contribution >= 4 is 5.91 Å². The number of nitrogens with two attached hydrogens (primary N) is 1. The third kappa shape index (κ3) is 3.93. The molecule has 2 saturated heterocycles. The Morgan fingerprint density at radius 1 is 1.35 bits per heavy atom. The Bertz CT molecular complexity index is 323. The van der Waals surface area contributed by atoms with Crippen molar-refractivity contribution < 1.29 is 4.79 Å². The van der Waals surface area contributed by atoms with Crippen LogP contribution in [-0.4, -0.2) is 80.0 Å². The Hall–Kier alpha value is -0.650. The zero-order valence-corrected chi connectivity index (χ0v) is 13.1. The summed E-state index contributed by atoms with van der Waals surface area (Å²) in [6.07, 6.45) is 4.72. The van der Waals surface area contributed by atoms with Crippen molar-refractivity contribution in [3.05, 3.63) is 0 Å². The lowest BCUT2D eigenvalue weighted by Gasteiger charge is -2.46. The molecule has 20 heavy (non-hydrogen) atoms. The topological polar surface area (TPSA) is 52.8 Å². The van der Waals surface area contributed by atoms with Gasteiger partial charge in [-0.15, -0.1) is 0 Å². The van der Waals surface area contributed by atoms with E-state index in [1.54, 1.807) is 0 Å². The van der Waals surface area contributed by atoms with E-state index in [9.17, 15) is 4.79 Å². The summed E-state index contributed by atoms with van der Waals surface area (Å²) in [4.78, 5) is 18.9. The van der Waals surface area contributed by atoms with Crippen molar-refractivity contribution in [2.45, 2.75) is 31.7 Å². The van der Waals surface area contributed by atoms with Gasteiger partial charge in [-0.25, -0.2) is 0 Å². The number of fused-ring (bicyclic) bond motifs is 1. The highest BCUT2D eigenvalue weighted by molar-refractivity contribution is 5.77. The minimum atomic E-state index is 0.237. The van der Waals surface area contributed by atoms with Crippen LogP contribution in [0.2, 0.25) is 0 Å². The molecule has 0 aliphatic carbocycles. The molecule has 5 heteroatoms. The van der Waals surface area contributed by atoms with Crippen LogP contribution >= 0.6 is 0 Å². The van der Waals surface area contributed by atoms with Gasteiger partial charge in [-0.1, -0.05) is 0 Å². The van der Waals surface area contributed by atoms with Crippen LogP contribution in [-0.2, 0) is 4.79 Å². The van der Waals surface area contributed by atoms with Crippen LogP contribution in [0.25, 0.3) is 0 Å². The predicted molar refractivity (Wildman–Crippen MR) is 81.5 cm³/mol. The van der Waals surface area contributed by atoms with Gasteiger partial charge in [-0.2, -0.15) is 0 Å². The number of likely N-dealkylation sites (N-methyl/N-ethyl adjacent to an activating group) is 1. The first-order valence-corrected chi connectivity index (χ1v) is 7.98. The summed E-state index contributed by atoms with van der Waals surface area (Å²) in [6.45, 7) is 5.39. The number of piperidine rings is 2. The molecule has 116 valence electrons. The van der Waals surface area contributed by atoms with E-state index in [4.69, 9.17) is 5.73 Å². The van der Waals surface area contributed by atoms with Crippen LogP contribution < -0.4 is 5.73 Å². The van der Waals surface area contributed by atoms with Crippen molar-refractivity contribution in [2.24, 2.45) is 11.7 Å². The molecule has 5 nitrogen and oxygen atoms in total. The van der Waals surface area contributed by atoms with Gasteiger partial charge in [0, 0.05) is 32.7 Å². The minimum Gasteiger partial charge on any atom is -0.345 e. The van der Waals surface area contributed by atoms with Gasteiger partial charge in [0.25, 0.3) is 0 Å². The summed E-state index contributed by atoms with van der Waals surface area (Å²) in [5.74, 6) is 0.991. The normalized spacial score (nSPS) is 28.1. The van der Waals surface area contributed by atoms with Crippen LogP contribution in [0.1, 0.15) is 25.7 Å². The first-order chi connectivity index (χ1) is 9.61. The van der Waals surface area contributed by atoms with Crippen molar-refractivity contribution in [3.8, 4) is 0 Å². The van der Waals surface area contributed by atoms with Gasteiger partial charge in [-0.05, 0) is 51.7 Å². The van der Waals surface area contributed by atoms with Gasteiger partial charge >= 0.3 is 0 Å². The number of nitrogens with zero attached hydrogens (tertiary/aromatic N) is 3. The third-order valence-electron chi connectivity index (χ3n) is 4.91. The minimum absolute atomic E-state index is 0.237. The van der Waals surface area contributed by atoms with E-state index in [1.165, 1.54) is 25.8 Å². The summed E-state index contributed by atoms with van der Waals surface area (Å²) >= 11 is 0. The van der Waals surface area contributed by atoms with Crippen molar-refractivity contribution in [1.82, 2.24) is 14.7 Å². The molecule has 2 aliphatic rings. The Kier molecular flexibility index (Phi) is 5.81. The van der Waals surface area contributed by atoms with E-state index in [2.05, 4.69) is 16.8 Å². The monoisotopic (exact) mass is 282 g/mol. The summed E-state index contributed by atoms with van der Waals surface area (Å²) < 4.78 is 0. The van der Waals surface area contributed by atoms with Gasteiger partial charge in [0.2, 0.25) is 5.91 Å². The molecule has 2 rings (SSSR count). The van der Waals surface area contributed by atoms with Gasteiger partial charge < -0.3 is 15.5 Å². The quantitative estimate of drug-likeness (QED) is 0.783. The fourth-order valence-electron chi connectivity index (χ4n) is 3.64. The zero-order chi connectivity index (χ0) is 14.5. The Morgan fingerprint density at radius 2 is 2.15 bits per heavy atom. The lowest BCUT2D eigenvalue weighted by molar-refractivity contribution is -0.132. The molecule has 1 amide bonds. The maximum atomic E-state index is 12.2. The first kappa shape index (κ1) is 15.7. The summed E-state index contributed by atoms with van der Waals surface area (Å²) in [6, 6.07) is 0.741. The molecule has 0 radical (unpaired) electrons. The van der Waals surface area contributed by atoms with Gasteiger partial charge in [0.15, 0.2) is 0 Å². The number of likely N-dealkylation sites (tertiary alicyclic amines) is 2. The Labute approximate surface area is 123 Å². The molecule has 2 N–H and O–H groups in total. The molecule has 0 saturated carbocycles. The highest BCUT2D eigenvalue weighted by Crippen LogP contribution is 2.29. The highest BCUT2D eigenvalue weighted by atomic mass is 16.2. The van der Waals surface area contributed by atoms with Gasteiger partial charge in [-0.3, -0.25) is 9.69 Å². The Balaban J connectivity index is 1.78. The molecular formula is C15H30N4O. The van der Waals surface area contributed by atoms with Crippen LogP contribution in [0.15, 0.2) is 0 Å². The van der Waals surface area contributed by atoms with Crippen molar-refractivity contribution in [3.63, 3.8) is 0 Å². The largest absolute Gasteiger partial charge is 0.345 e. The SMILES string of the molecule is CN(CCCN)C(=O)CN1CCC2C(CCCN2C)C1. The van der Waals surface area contributed by atoms with Crippen molar-refractivity contribution in [2.75, 3.05) is 53.4 Å². The highest BCUT2D eigenvalue weighted by Gasteiger charge is 2.34. The number of carbonyl (C=O) groups excluding carboxylic acids is 1. The molecule has 0 bridgehead atoms. The molecule has 2 atom stereocenters. The third-order valence-corrected chi connectivity index (χ3v) is 4.91. The molecule has 2 heterocycles. The van der Waals surface area contributed by atoms with Crippen LogP contribution in [0, 0.1) is 5.92 Å². The molecule has 0 aromatic carbocycles. The second-order valence-electron chi connectivity index (χ2n) is 6.43. The summed E-state index contributed by atoms with van der Waals surface area (Å²) in [5.41, 5.74) is 5.49. The van der Waals surface area contributed by atoms with Crippen LogP contribution in [0.3, 0.4) is 0 Å². The second kappa shape index (κ2) is 7.38. The lowest BCUT2D eigenvalue weighted by Crippen LogP contribution is -2.54.